The van der Waals surface area contributed by atoms with Crippen LogP contribution in [0.1, 0.15) is 351 Å². The van der Waals surface area contributed by atoms with E-state index >= 15 is 0 Å². The van der Waals surface area contributed by atoms with Crippen LogP contribution in [0.5, 0.6) is 0 Å². The lowest BCUT2D eigenvalue weighted by Gasteiger charge is -2.21. The number of hydrogen-bond donors (Lipinski definition) is 3. The molecule has 0 aromatic rings. The quantitative estimate of drug-likeness (QED) is 0.0222. The van der Waals surface area contributed by atoms with E-state index in [2.05, 4.69) is 55.4 Å². The van der Waals surface area contributed by atoms with Gasteiger partial charge in [0, 0.05) is 25.7 Å². The summed E-state index contributed by atoms with van der Waals surface area (Å²) in [5.74, 6) is 0.801. The fourth-order valence-corrected chi connectivity index (χ4v) is 12.2. The number of ether oxygens (including phenoxy) is 4. The van der Waals surface area contributed by atoms with Crippen LogP contribution in [-0.2, 0) is 65.4 Å². The second-order valence-corrected chi connectivity index (χ2v) is 30.4. The summed E-state index contributed by atoms with van der Waals surface area (Å²) in [6.07, 6.45) is 43.4. The first-order valence-corrected chi connectivity index (χ1v) is 39.7. The van der Waals surface area contributed by atoms with Crippen molar-refractivity contribution in [3.05, 3.63) is 0 Å². The van der Waals surface area contributed by atoms with Crippen molar-refractivity contribution < 1.29 is 80.2 Å². The van der Waals surface area contributed by atoms with Gasteiger partial charge >= 0.3 is 39.5 Å². The molecule has 0 radical (unpaired) electrons. The average Bonchev–Trinajstić information content (AvgIpc) is 3.10. The van der Waals surface area contributed by atoms with Crippen LogP contribution in [0.25, 0.3) is 0 Å². The van der Waals surface area contributed by atoms with Crippen molar-refractivity contribution in [3.63, 3.8) is 0 Å². The fraction of sp³-hybridized carbons (Fsp3) is 0.944. The number of carbonyl (C=O) groups excluding carboxylic acids is 4. The number of rotatable bonds is 68. The normalized spacial score (nSPS) is 14.3. The van der Waals surface area contributed by atoms with E-state index in [1.165, 1.54) is 141 Å². The maximum absolute atomic E-state index is 13.0. The summed E-state index contributed by atoms with van der Waals surface area (Å²) in [5.41, 5.74) is 0. The highest BCUT2D eigenvalue weighted by Gasteiger charge is 2.30. The third-order valence-electron chi connectivity index (χ3n) is 16.3. The van der Waals surface area contributed by atoms with E-state index in [4.69, 9.17) is 37.0 Å². The van der Waals surface area contributed by atoms with Gasteiger partial charge in [0.2, 0.25) is 0 Å². The van der Waals surface area contributed by atoms with E-state index in [0.717, 1.165) is 115 Å². The molecule has 90 heavy (non-hydrogen) atoms. The average molecular weight is 1330 g/mol. The van der Waals surface area contributed by atoms with Crippen LogP contribution >= 0.6 is 15.6 Å². The lowest BCUT2D eigenvalue weighted by atomic mass is 10.0. The minimum absolute atomic E-state index is 0.105. The van der Waals surface area contributed by atoms with Gasteiger partial charge in [0.05, 0.1) is 26.4 Å². The van der Waals surface area contributed by atoms with Gasteiger partial charge in [-0.3, -0.25) is 37.3 Å². The maximum Gasteiger partial charge on any atom is 0.472 e. The Labute approximate surface area is 549 Å². The molecule has 0 rings (SSSR count). The summed E-state index contributed by atoms with van der Waals surface area (Å²) in [6.45, 7) is 14.0. The van der Waals surface area contributed by atoms with E-state index in [0.29, 0.717) is 37.5 Å². The Morgan fingerprint density at radius 2 is 0.467 bits per heavy atom. The summed E-state index contributed by atoms with van der Waals surface area (Å²) in [5, 5.41) is 10.6. The molecule has 534 valence electrons. The molecule has 0 spiro atoms. The van der Waals surface area contributed by atoms with Gasteiger partial charge in [-0.15, -0.1) is 0 Å². The Hall–Kier alpha value is -1.94. The number of aliphatic hydroxyl groups excluding tert-OH is 1. The number of hydrogen-bond acceptors (Lipinski definition) is 15. The summed E-state index contributed by atoms with van der Waals surface area (Å²) >= 11 is 0. The predicted molar refractivity (Wildman–Crippen MR) is 363 cm³/mol. The van der Waals surface area contributed by atoms with Crippen molar-refractivity contribution in [2.45, 2.75) is 369 Å². The molecular formula is C71H138O17P2. The Bertz CT molecular complexity index is 1660. The van der Waals surface area contributed by atoms with Gasteiger partial charge in [0.1, 0.15) is 19.3 Å². The number of phosphoric ester groups is 2. The standard InChI is InChI=1S/C71H138O17P2/c1-61(2)47-39-31-23-19-15-11-9-13-17-21-25-37-45-53-70(75)87-66(57-81-68(73)51-43-35-29-27-33-41-49-63(5)6)59-85-89(77,78)83-55-65(72)56-84-90(79,80)86-60-67(58-82-69(74)52-44-36-30-28-34-42-50-64(7)8)88-71(76)54-46-38-26-22-18-14-10-12-16-20-24-32-40-48-62(3)4/h61-67,72H,9-60H2,1-8H3,(H,77,78)(H,79,80)/t66-,67-/m1/s1. The molecule has 0 heterocycles. The molecule has 0 aliphatic heterocycles. The Balaban J connectivity index is 5.20. The lowest BCUT2D eigenvalue weighted by Crippen LogP contribution is -2.30. The van der Waals surface area contributed by atoms with Gasteiger partial charge in [-0.2, -0.15) is 0 Å². The first kappa shape index (κ1) is 88.1. The zero-order valence-electron chi connectivity index (χ0n) is 58.8. The van der Waals surface area contributed by atoms with Crippen LogP contribution < -0.4 is 0 Å². The fourth-order valence-electron chi connectivity index (χ4n) is 10.7. The van der Waals surface area contributed by atoms with Crippen molar-refractivity contribution in [2.75, 3.05) is 39.6 Å². The van der Waals surface area contributed by atoms with Crippen LogP contribution in [0.4, 0.5) is 0 Å². The highest BCUT2D eigenvalue weighted by Crippen LogP contribution is 2.45. The summed E-state index contributed by atoms with van der Waals surface area (Å²) in [7, 11) is -9.90. The number of esters is 4. The SMILES string of the molecule is CC(C)CCCCCCCCCCCCCCCC(=O)O[C@H](COC(=O)CCCCCCCCC(C)C)COP(=O)(O)OCC(O)COP(=O)(O)OC[C@@H](COC(=O)CCCCCCCCC(C)C)OC(=O)CCCCCCCCCCCCCCCC(C)C. The van der Waals surface area contributed by atoms with Gasteiger partial charge in [-0.25, -0.2) is 9.13 Å². The first-order valence-electron chi connectivity index (χ1n) is 36.7. The molecule has 3 N–H and O–H groups in total. The summed E-state index contributed by atoms with van der Waals surface area (Å²) in [6, 6.07) is 0. The Kier molecular flexibility index (Phi) is 59.4. The maximum atomic E-state index is 13.0. The lowest BCUT2D eigenvalue weighted by molar-refractivity contribution is -0.161. The van der Waals surface area contributed by atoms with Crippen LogP contribution in [0.3, 0.4) is 0 Å². The molecule has 0 fully saturated rings. The largest absolute Gasteiger partial charge is 0.472 e. The molecule has 0 saturated heterocycles. The first-order chi connectivity index (χ1) is 43.1. The molecule has 0 bridgehead atoms. The smallest absolute Gasteiger partial charge is 0.462 e. The van der Waals surface area contributed by atoms with Crippen molar-refractivity contribution in [1.29, 1.82) is 0 Å². The highest BCUT2D eigenvalue weighted by atomic mass is 31.2. The minimum Gasteiger partial charge on any atom is -0.462 e. The van der Waals surface area contributed by atoms with Gasteiger partial charge in [0.15, 0.2) is 12.2 Å². The number of phosphoric acid groups is 2. The van der Waals surface area contributed by atoms with Crippen LogP contribution in [0.2, 0.25) is 0 Å². The molecular weight excluding hydrogens is 1190 g/mol. The highest BCUT2D eigenvalue weighted by molar-refractivity contribution is 7.47. The second kappa shape index (κ2) is 60.7. The van der Waals surface area contributed by atoms with Crippen molar-refractivity contribution in [1.82, 2.24) is 0 Å². The number of carbonyl (C=O) groups is 4. The molecule has 19 heteroatoms. The zero-order valence-corrected chi connectivity index (χ0v) is 60.6. The Morgan fingerprint density at radius 1 is 0.278 bits per heavy atom. The van der Waals surface area contributed by atoms with Gasteiger partial charge in [-0.1, -0.05) is 299 Å². The van der Waals surface area contributed by atoms with E-state index in [1.807, 2.05) is 0 Å². The van der Waals surface area contributed by atoms with Crippen LogP contribution in [-0.4, -0.2) is 96.7 Å². The number of aliphatic hydroxyl groups is 1. The predicted octanol–water partition coefficient (Wildman–Crippen LogP) is 20.1. The van der Waals surface area contributed by atoms with E-state index in [9.17, 15) is 43.2 Å². The molecule has 2 unspecified atom stereocenters. The van der Waals surface area contributed by atoms with Crippen molar-refractivity contribution in [3.8, 4) is 0 Å². The van der Waals surface area contributed by atoms with Crippen molar-refractivity contribution in [2.24, 2.45) is 23.7 Å². The molecule has 0 amide bonds. The van der Waals surface area contributed by atoms with E-state index in [-0.39, 0.29) is 25.7 Å². The number of unbranched alkanes of at least 4 members (excludes halogenated alkanes) is 34. The third-order valence-corrected chi connectivity index (χ3v) is 18.2. The Morgan fingerprint density at radius 3 is 0.689 bits per heavy atom. The minimum atomic E-state index is -4.95. The van der Waals surface area contributed by atoms with Gasteiger partial charge in [-0.05, 0) is 49.4 Å². The van der Waals surface area contributed by atoms with Crippen LogP contribution in [0.15, 0.2) is 0 Å². The molecule has 0 aliphatic carbocycles. The summed E-state index contributed by atoms with van der Waals surface area (Å²) in [4.78, 5) is 72.5. The molecule has 0 aliphatic rings. The third kappa shape index (κ3) is 64.8. The van der Waals surface area contributed by atoms with Crippen LogP contribution in [0, 0.1) is 23.7 Å². The van der Waals surface area contributed by atoms with E-state index in [1.54, 1.807) is 0 Å². The van der Waals surface area contributed by atoms with Crippen molar-refractivity contribution >= 4 is 39.5 Å². The molecule has 4 atom stereocenters. The van der Waals surface area contributed by atoms with E-state index < -0.39 is 97.5 Å². The molecule has 0 aromatic heterocycles. The van der Waals surface area contributed by atoms with Gasteiger partial charge < -0.3 is 33.8 Å². The zero-order chi connectivity index (χ0) is 66.8. The monoisotopic (exact) mass is 1320 g/mol. The van der Waals surface area contributed by atoms with Gasteiger partial charge in [0.25, 0.3) is 0 Å². The molecule has 0 saturated carbocycles. The second-order valence-electron chi connectivity index (χ2n) is 27.5. The topological polar surface area (TPSA) is 237 Å². The molecule has 17 nitrogen and oxygen atoms in total. The summed E-state index contributed by atoms with van der Waals surface area (Å²) < 4.78 is 68.3. The molecule has 0 aromatic carbocycles.